The maximum atomic E-state index is 12.5. The molecule has 2 aromatic rings. The molecule has 0 aliphatic heterocycles. The number of ether oxygens (including phenoxy) is 4. The monoisotopic (exact) mass is 437 g/mol. The van der Waals surface area contributed by atoms with Gasteiger partial charge in [-0.2, -0.15) is 0 Å². The van der Waals surface area contributed by atoms with Crippen LogP contribution in [0, 0.1) is 0 Å². The van der Waals surface area contributed by atoms with Gasteiger partial charge < -0.3 is 24.3 Å². The van der Waals surface area contributed by atoms with Gasteiger partial charge in [0.15, 0.2) is 18.1 Å². The van der Waals surface area contributed by atoms with Gasteiger partial charge in [0.05, 0.1) is 25.3 Å². The molecule has 27 heavy (non-hydrogen) atoms. The highest BCUT2D eigenvalue weighted by atomic mass is 79.9. The number of esters is 1. The van der Waals surface area contributed by atoms with Crippen molar-refractivity contribution in [3.63, 3.8) is 0 Å². The van der Waals surface area contributed by atoms with Gasteiger partial charge in [0.1, 0.15) is 5.75 Å². The van der Waals surface area contributed by atoms with Crippen molar-refractivity contribution in [1.82, 2.24) is 0 Å². The van der Waals surface area contributed by atoms with E-state index in [1.807, 2.05) is 6.92 Å². The Morgan fingerprint density at radius 3 is 2.37 bits per heavy atom. The van der Waals surface area contributed by atoms with Crippen LogP contribution in [0.4, 0.5) is 5.69 Å². The van der Waals surface area contributed by atoms with Crippen LogP contribution in [0.5, 0.6) is 17.2 Å². The summed E-state index contributed by atoms with van der Waals surface area (Å²) >= 11 is 3.40. The molecule has 2 aromatic carbocycles. The van der Waals surface area contributed by atoms with E-state index in [-0.39, 0.29) is 12.5 Å². The number of amides is 1. The van der Waals surface area contributed by atoms with Gasteiger partial charge in [0.2, 0.25) is 0 Å². The maximum Gasteiger partial charge on any atom is 0.343 e. The predicted molar refractivity (Wildman–Crippen MR) is 104 cm³/mol. The smallest absolute Gasteiger partial charge is 0.343 e. The van der Waals surface area contributed by atoms with Gasteiger partial charge in [-0.15, -0.1) is 0 Å². The molecule has 7 nitrogen and oxygen atoms in total. The molecule has 0 radical (unpaired) electrons. The summed E-state index contributed by atoms with van der Waals surface area (Å²) in [6, 6.07) is 9.91. The average Bonchev–Trinajstić information content (AvgIpc) is 2.68. The summed E-state index contributed by atoms with van der Waals surface area (Å²) in [5.41, 5.74) is 0.989. The Morgan fingerprint density at radius 2 is 1.78 bits per heavy atom. The summed E-state index contributed by atoms with van der Waals surface area (Å²) in [5, 5.41) is 2.79. The molecule has 0 unspecified atom stereocenters. The van der Waals surface area contributed by atoms with Crippen LogP contribution in [0.3, 0.4) is 0 Å². The van der Waals surface area contributed by atoms with Crippen LogP contribution in [0.1, 0.15) is 17.3 Å². The number of methoxy groups -OCH3 is 2. The van der Waals surface area contributed by atoms with Crippen molar-refractivity contribution >= 4 is 33.5 Å². The fraction of sp³-hybridized carbons (Fsp3) is 0.263. The topological polar surface area (TPSA) is 83.1 Å². The second kappa shape index (κ2) is 9.82. The number of hydrogen-bond donors (Lipinski definition) is 1. The summed E-state index contributed by atoms with van der Waals surface area (Å²) in [5.74, 6) is 0.721. The molecule has 0 bridgehead atoms. The zero-order valence-corrected chi connectivity index (χ0v) is 16.8. The Labute approximate surface area is 165 Å². The lowest BCUT2D eigenvalue weighted by Crippen LogP contribution is -2.13. The Morgan fingerprint density at radius 1 is 1.07 bits per heavy atom. The van der Waals surface area contributed by atoms with Crippen molar-refractivity contribution < 1.29 is 28.5 Å². The number of benzene rings is 2. The van der Waals surface area contributed by atoms with Gasteiger partial charge in [0.25, 0.3) is 5.91 Å². The van der Waals surface area contributed by atoms with Crippen LogP contribution in [0.25, 0.3) is 0 Å². The minimum absolute atomic E-state index is 0.178. The van der Waals surface area contributed by atoms with E-state index in [4.69, 9.17) is 14.2 Å². The standard InChI is InChI=1S/C19H20BrNO6/c1-4-26-18-15(20)9-12(10-16(18)24-2)19(23)21-13-5-7-14(8-6-13)27-11-17(22)25-3/h5-10H,4,11H2,1-3H3,(H,21,23). The third kappa shape index (κ3) is 5.62. The van der Waals surface area contributed by atoms with Gasteiger partial charge in [-0.25, -0.2) is 4.79 Å². The molecule has 0 heterocycles. The highest BCUT2D eigenvalue weighted by Gasteiger charge is 2.15. The van der Waals surface area contributed by atoms with Gasteiger partial charge in [-0.05, 0) is 59.3 Å². The van der Waals surface area contributed by atoms with Crippen molar-refractivity contribution in [3.8, 4) is 17.2 Å². The summed E-state index contributed by atoms with van der Waals surface area (Å²) < 4.78 is 21.2. The number of hydrogen-bond acceptors (Lipinski definition) is 6. The molecule has 0 atom stereocenters. The zero-order chi connectivity index (χ0) is 19.8. The number of rotatable bonds is 8. The summed E-state index contributed by atoms with van der Waals surface area (Å²) in [6.45, 7) is 2.16. The molecule has 0 aliphatic rings. The quantitative estimate of drug-likeness (QED) is 0.634. The predicted octanol–water partition coefficient (Wildman–Crippen LogP) is 3.66. The van der Waals surface area contributed by atoms with E-state index in [0.717, 1.165) is 0 Å². The molecule has 2 rings (SSSR count). The molecule has 0 fully saturated rings. The first-order valence-corrected chi connectivity index (χ1v) is 8.89. The Hall–Kier alpha value is -2.74. The Kier molecular flexibility index (Phi) is 7.48. The van der Waals surface area contributed by atoms with Crippen molar-refractivity contribution in [2.75, 3.05) is 32.8 Å². The van der Waals surface area contributed by atoms with Crippen molar-refractivity contribution in [3.05, 3.63) is 46.4 Å². The van der Waals surface area contributed by atoms with Crippen LogP contribution in [0.2, 0.25) is 0 Å². The summed E-state index contributed by atoms with van der Waals surface area (Å²) in [7, 11) is 2.80. The molecule has 8 heteroatoms. The third-order valence-corrected chi connectivity index (χ3v) is 4.07. The first-order chi connectivity index (χ1) is 13.0. The molecule has 1 amide bonds. The minimum Gasteiger partial charge on any atom is -0.493 e. The van der Waals surface area contributed by atoms with Crippen molar-refractivity contribution in [2.45, 2.75) is 6.92 Å². The van der Waals surface area contributed by atoms with Gasteiger partial charge >= 0.3 is 5.97 Å². The van der Waals surface area contributed by atoms with E-state index in [9.17, 15) is 9.59 Å². The Balaban J connectivity index is 2.08. The highest BCUT2D eigenvalue weighted by molar-refractivity contribution is 9.10. The second-order valence-corrected chi connectivity index (χ2v) is 6.12. The molecular weight excluding hydrogens is 418 g/mol. The molecule has 0 saturated heterocycles. The number of halogens is 1. The van der Waals surface area contributed by atoms with Crippen LogP contribution < -0.4 is 19.5 Å². The van der Waals surface area contributed by atoms with Crippen LogP contribution in [-0.2, 0) is 9.53 Å². The van der Waals surface area contributed by atoms with Crippen LogP contribution >= 0.6 is 15.9 Å². The lowest BCUT2D eigenvalue weighted by atomic mass is 10.1. The fourth-order valence-electron chi connectivity index (χ4n) is 2.17. The molecule has 0 saturated carbocycles. The minimum atomic E-state index is -0.470. The second-order valence-electron chi connectivity index (χ2n) is 5.27. The maximum absolute atomic E-state index is 12.5. The molecule has 1 N–H and O–H groups in total. The number of carbonyl (C=O) groups excluding carboxylic acids is 2. The largest absolute Gasteiger partial charge is 0.493 e. The van der Waals surface area contributed by atoms with Gasteiger partial charge in [-0.3, -0.25) is 4.79 Å². The molecule has 0 aliphatic carbocycles. The van der Waals surface area contributed by atoms with E-state index in [0.29, 0.717) is 39.6 Å². The normalized spacial score (nSPS) is 10.1. The van der Waals surface area contributed by atoms with E-state index < -0.39 is 5.97 Å². The first-order valence-electron chi connectivity index (χ1n) is 8.09. The van der Waals surface area contributed by atoms with E-state index in [1.54, 1.807) is 36.4 Å². The molecule has 0 spiro atoms. The first kappa shape index (κ1) is 20.6. The lowest BCUT2D eigenvalue weighted by Gasteiger charge is -2.13. The zero-order valence-electron chi connectivity index (χ0n) is 15.2. The number of nitrogens with one attached hydrogen (secondary N) is 1. The molecule has 144 valence electrons. The SMILES string of the molecule is CCOc1c(Br)cc(C(=O)Nc2ccc(OCC(=O)OC)cc2)cc1OC. The fourth-order valence-corrected chi connectivity index (χ4v) is 2.73. The van der Waals surface area contributed by atoms with Crippen molar-refractivity contribution in [2.24, 2.45) is 0 Å². The van der Waals surface area contributed by atoms with E-state index in [2.05, 4.69) is 26.0 Å². The molecular formula is C19H20BrNO6. The van der Waals surface area contributed by atoms with Crippen LogP contribution in [0.15, 0.2) is 40.9 Å². The van der Waals surface area contributed by atoms with Gasteiger partial charge in [-0.1, -0.05) is 0 Å². The number of carbonyl (C=O) groups is 2. The van der Waals surface area contributed by atoms with Crippen LogP contribution in [-0.4, -0.2) is 39.3 Å². The van der Waals surface area contributed by atoms with E-state index >= 15 is 0 Å². The van der Waals surface area contributed by atoms with E-state index in [1.165, 1.54) is 14.2 Å². The Bertz CT molecular complexity index is 807. The third-order valence-electron chi connectivity index (χ3n) is 3.48. The lowest BCUT2D eigenvalue weighted by molar-refractivity contribution is -0.142. The molecule has 0 aromatic heterocycles. The summed E-state index contributed by atoms with van der Waals surface area (Å²) in [4.78, 5) is 23.6. The highest BCUT2D eigenvalue weighted by Crippen LogP contribution is 2.36. The van der Waals surface area contributed by atoms with Crippen molar-refractivity contribution in [1.29, 1.82) is 0 Å². The van der Waals surface area contributed by atoms with Gasteiger partial charge in [0, 0.05) is 11.3 Å². The summed E-state index contributed by atoms with van der Waals surface area (Å²) in [6.07, 6.45) is 0. The number of anilines is 1. The average molecular weight is 438 g/mol.